The van der Waals surface area contributed by atoms with Crippen molar-refractivity contribution in [2.75, 3.05) is 16.9 Å². The number of nitrogens with one attached hydrogen (secondary N) is 2. The van der Waals surface area contributed by atoms with Gasteiger partial charge in [-0.15, -0.1) is 11.8 Å². The van der Waals surface area contributed by atoms with Crippen molar-refractivity contribution in [1.82, 2.24) is 9.97 Å². The number of aromatic nitrogens is 2. The lowest BCUT2D eigenvalue weighted by Gasteiger charge is -2.22. The molecule has 0 amide bonds. The van der Waals surface area contributed by atoms with Crippen LogP contribution in [-0.2, 0) is 6.18 Å². The summed E-state index contributed by atoms with van der Waals surface area (Å²) in [6.45, 7) is 5.48. The average molecular weight is 356 g/mol. The zero-order valence-electron chi connectivity index (χ0n) is 13.8. The first-order chi connectivity index (χ1) is 11.1. The third-order valence-corrected chi connectivity index (χ3v) is 3.67. The number of benzene rings is 1. The monoisotopic (exact) mass is 356 g/mol. The van der Waals surface area contributed by atoms with Gasteiger partial charge in [0, 0.05) is 16.5 Å². The second kappa shape index (κ2) is 6.88. The van der Waals surface area contributed by atoms with Crippen molar-refractivity contribution in [1.29, 1.82) is 0 Å². The lowest BCUT2D eigenvalue weighted by atomic mass is 10.1. The van der Waals surface area contributed by atoms with Gasteiger partial charge in [-0.2, -0.15) is 18.2 Å². The van der Waals surface area contributed by atoms with Crippen molar-refractivity contribution in [2.45, 2.75) is 37.4 Å². The largest absolute Gasteiger partial charge is 0.433 e. The van der Waals surface area contributed by atoms with E-state index in [-0.39, 0.29) is 11.8 Å². The molecule has 1 heterocycles. The second-order valence-electron chi connectivity index (χ2n) is 6.16. The maximum absolute atomic E-state index is 13.1. The Hall–Kier alpha value is -1.96. The van der Waals surface area contributed by atoms with Crippen LogP contribution in [0.5, 0.6) is 0 Å². The molecule has 1 aromatic carbocycles. The van der Waals surface area contributed by atoms with Crippen molar-refractivity contribution in [2.24, 2.45) is 0 Å². The molecule has 0 fully saturated rings. The summed E-state index contributed by atoms with van der Waals surface area (Å²) in [5.74, 6) is 0.0204. The van der Waals surface area contributed by atoms with Gasteiger partial charge >= 0.3 is 6.18 Å². The predicted molar refractivity (Wildman–Crippen MR) is 91.9 cm³/mol. The van der Waals surface area contributed by atoms with Gasteiger partial charge in [0.05, 0.1) is 5.69 Å². The van der Waals surface area contributed by atoms with Gasteiger partial charge in [0.1, 0.15) is 5.82 Å². The minimum Gasteiger partial charge on any atom is -0.350 e. The normalized spacial score (nSPS) is 12.1. The Balaban J connectivity index is 2.43. The molecule has 0 aliphatic heterocycles. The fraction of sp³-hybridized carbons (Fsp3) is 0.375. The van der Waals surface area contributed by atoms with E-state index in [1.807, 2.05) is 45.2 Å². The summed E-state index contributed by atoms with van der Waals surface area (Å²) in [6.07, 6.45) is -2.65. The Bertz CT molecular complexity index is 711. The molecule has 2 N–H and O–H groups in total. The fourth-order valence-electron chi connectivity index (χ4n) is 1.93. The van der Waals surface area contributed by atoms with Gasteiger partial charge in [0.2, 0.25) is 5.95 Å². The molecule has 24 heavy (non-hydrogen) atoms. The van der Waals surface area contributed by atoms with Crippen LogP contribution in [0.15, 0.2) is 35.2 Å². The minimum atomic E-state index is -4.55. The van der Waals surface area contributed by atoms with Crippen LogP contribution in [-0.4, -0.2) is 21.8 Å². The van der Waals surface area contributed by atoms with E-state index in [1.165, 1.54) is 11.8 Å². The van der Waals surface area contributed by atoms with Crippen molar-refractivity contribution in [3.63, 3.8) is 0 Å². The van der Waals surface area contributed by atoms with E-state index >= 15 is 0 Å². The first-order valence-corrected chi connectivity index (χ1v) is 8.45. The Kier molecular flexibility index (Phi) is 5.27. The molecule has 2 aromatic rings. The molecule has 0 atom stereocenters. The zero-order chi connectivity index (χ0) is 18.0. The molecule has 0 aliphatic carbocycles. The molecule has 130 valence electrons. The highest BCUT2D eigenvalue weighted by Gasteiger charge is 2.34. The SMILES string of the molecule is CSc1ccccc1Nc1cc(C(F)(F)F)nc(NC(C)(C)C)n1. The van der Waals surface area contributed by atoms with Crippen LogP contribution in [0.25, 0.3) is 0 Å². The lowest BCUT2D eigenvalue weighted by molar-refractivity contribution is -0.141. The molecule has 0 unspecified atom stereocenters. The smallest absolute Gasteiger partial charge is 0.350 e. The minimum absolute atomic E-state index is 0.0681. The van der Waals surface area contributed by atoms with Gasteiger partial charge in [-0.3, -0.25) is 0 Å². The third kappa shape index (κ3) is 5.02. The maximum Gasteiger partial charge on any atom is 0.433 e. The number of anilines is 3. The molecular weight excluding hydrogens is 337 g/mol. The number of halogens is 3. The number of rotatable bonds is 4. The molecule has 4 nitrogen and oxygen atoms in total. The van der Waals surface area contributed by atoms with E-state index in [0.29, 0.717) is 5.69 Å². The Labute approximate surface area is 143 Å². The first-order valence-electron chi connectivity index (χ1n) is 7.23. The van der Waals surface area contributed by atoms with Crippen LogP contribution in [0.1, 0.15) is 26.5 Å². The number of nitrogens with zero attached hydrogens (tertiary/aromatic N) is 2. The molecule has 0 bridgehead atoms. The van der Waals surface area contributed by atoms with Gasteiger partial charge in [-0.1, -0.05) is 12.1 Å². The van der Waals surface area contributed by atoms with Crippen molar-refractivity contribution < 1.29 is 13.2 Å². The molecule has 0 aliphatic rings. The van der Waals surface area contributed by atoms with E-state index < -0.39 is 17.4 Å². The summed E-state index contributed by atoms with van der Waals surface area (Å²) in [6, 6.07) is 8.25. The number of hydrogen-bond acceptors (Lipinski definition) is 5. The molecule has 0 radical (unpaired) electrons. The first kappa shape index (κ1) is 18.4. The number of para-hydroxylation sites is 1. The van der Waals surface area contributed by atoms with Crippen molar-refractivity contribution in [3.05, 3.63) is 36.0 Å². The van der Waals surface area contributed by atoms with Crippen LogP contribution in [0, 0.1) is 0 Å². The summed E-state index contributed by atoms with van der Waals surface area (Å²) in [4.78, 5) is 8.65. The summed E-state index contributed by atoms with van der Waals surface area (Å²) in [5.41, 5.74) is -0.759. The predicted octanol–water partition coefficient (Wildman–Crippen LogP) is 5.17. The van der Waals surface area contributed by atoms with E-state index in [1.54, 1.807) is 6.07 Å². The summed E-state index contributed by atoms with van der Waals surface area (Å²) in [7, 11) is 0. The summed E-state index contributed by atoms with van der Waals surface area (Å²) in [5, 5.41) is 5.83. The van der Waals surface area contributed by atoms with Crippen LogP contribution in [0.3, 0.4) is 0 Å². The highest BCUT2D eigenvalue weighted by molar-refractivity contribution is 7.98. The number of hydrogen-bond donors (Lipinski definition) is 2. The molecule has 0 saturated carbocycles. The van der Waals surface area contributed by atoms with E-state index in [4.69, 9.17) is 0 Å². The molecule has 0 spiro atoms. The fourth-order valence-corrected chi connectivity index (χ4v) is 2.49. The Morgan fingerprint density at radius 3 is 2.29 bits per heavy atom. The van der Waals surface area contributed by atoms with Crippen LogP contribution in [0.2, 0.25) is 0 Å². The number of thioether (sulfide) groups is 1. The van der Waals surface area contributed by atoms with E-state index in [2.05, 4.69) is 20.6 Å². The Morgan fingerprint density at radius 1 is 1.04 bits per heavy atom. The Morgan fingerprint density at radius 2 is 1.71 bits per heavy atom. The molecule has 1 aromatic heterocycles. The van der Waals surface area contributed by atoms with E-state index in [9.17, 15) is 13.2 Å². The molecule has 0 saturated heterocycles. The van der Waals surface area contributed by atoms with Crippen molar-refractivity contribution >= 4 is 29.2 Å². The van der Waals surface area contributed by atoms with Crippen LogP contribution in [0.4, 0.5) is 30.6 Å². The highest BCUT2D eigenvalue weighted by Crippen LogP contribution is 2.32. The average Bonchev–Trinajstić information content (AvgIpc) is 2.45. The number of alkyl halides is 3. The topological polar surface area (TPSA) is 49.8 Å². The highest BCUT2D eigenvalue weighted by atomic mass is 32.2. The molecule has 8 heteroatoms. The second-order valence-corrected chi connectivity index (χ2v) is 7.01. The van der Waals surface area contributed by atoms with Gasteiger partial charge in [0.25, 0.3) is 0 Å². The van der Waals surface area contributed by atoms with Gasteiger partial charge < -0.3 is 10.6 Å². The van der Waals surface area contributed by atoms with Gasteiger partial charge in [-0.05, 0) is 39.2 Å². The standard InChI is InChI=1S/C16H19F3N4S/c1-15(2,3)23-14-21-12(16(17,18)19)9-13(22-14)20-10-7-5-6-8-11(10)24-4/h5-9H,1-4H3,(H2,20,21,22,23). The van der Waals surface area contributed by atoms with Crippen molar-refractivity contribution in [3.8, 4) is 0 Å². The van der Waals surface area contributed by atoms with Crippen LogP contribution >= 0.6 is 11.8 Å². The summed E-state index contributed by atoms with van der Waals surface area (Å²) >= 11 is 1.49. The quantitative estimate of drug-likeness (QED) is 0.740. The van der Waals surface area contributed by atoms with Gasteiger partial charge in [-0.25, -0.2) is 4.98 Å². The summed E-state index contributed by atoms with van der Waals surface area (Å²) < 4.78 is 39.3. The zero-order valence-corrected chi connectivity index (χ0v) is 14.6. The molecule has 2 rings (SSSR count). The van der Waals surface area contributed by atoms with Crippen LogP contribution < -0.4 is 10.6 Å². The van der Waals surface area contributed by atoms with Gasteiger partial charge in [0.15, 0.2) is 5.69 Å². The lowest BCUT2D eigenvalue weighted by Crippen LogP contribution is -2.28. The molecular formula is C16H19F3N4S. The third-order valence-electron chi connectivity index (χ3n) is 2.87. The van der Waals surface area contributed by atoms with E-state index in [0.717, 1.165) is 11.0 Å². The maximum atomic E-state index is 13.1.